The van der Waals surface area contributed by atoms with Crippen LogP contribution < -0.4 is 10.1 Å². The number of fused-ring (bicyclic) bond motifs is 1. The number of ether oxygens (including phenoxy) is 1. The summed E-state index contributed by atoms with van der Waals surface area (Å²) in [5, 5.41) is 4.86. The molecule has 0 saturated heterocycles. The van der Waals surface area contributed by atoms with Crippen LogP contribution in [0.1, 0.15) is 0 Å². The molecule has 116 valence electrons. The summed E-state index contributed by atoms with van der Waals surface area (Å²) in [7, 11) is 0. The van der Waals surface area contributed by atoms with Crippen LogP contribution in [0.25, 0.3) is 10.8 Å². The maximum Gasteiger partial charge on any atom is 0.262 e. The summed E-state index contributed by atoms with van der Waals surface area (Å²) in [6, 6.07) is 17.3. The Morgan fingerprint density at radius 1 is 1.04 bits per heavy atom. The van der Waals surface area contributed by atoms with E-state index in [0.29, 0.717) is 11.4 Å². The van der Waals surface area contributed by atoms with Gasteiger partial charge in [-0.25, -0.2) is 4.39 Å². The topological polar surface area (TPSA) is 38.3 Å². The van der Waals surface area contributed by atoms with E-state index in [2.05, 4.69) is 5.32 Å². The van der Waals surface area contributed by atoms with E-state index in [1.54, 1.807) is 6.07 Å². The molecule has 0 aliphatic heterocycles. The number of hydrogen-bond acceptors (Lipinski definition) is 2. The van der Waals surface area contributed by atoms with Crippen molar-refractivity contribution in [3.63, 3.8) is 0 Å². The second-order valence-corrected chi connectivity index (χ2v) is 5.38. The first-order valence-electron chi connectivity index (χ1n) is 6.98. The van der Waals surface area contributed by atoms with Gasteiger partial charge in [-0.1, -0.05) is 41.9 Å². The second kappa shape index (κ2) is 6.67. The van der Waals surface area contributed by atoms with E-state index in [0.717, 1.165) is 16.8 Å². The molecule has 23 heavy (non-hydrogen) atoms. The highest BCUT2D eigenvalue weighted by Crippen LogP contribution is 2.23. The predicted octanol–water partition coefficient (Wildman–Crippen LogP) is 4.65. The Hall–Kier alpha value is -2.59. The normalized spacial score (nSPS) is 10.5. The van der Waals surface area contributed by atoms with Crippen LogP contribution in [-0.2, 0) is 4.79 Å². The van der Waals surface area contributed by atoms with Crippen LogP contribution in [0.3, 0.4) is 0 Å². The van der Waals surface area contributed by atoms with Crippen molar-refractivity contribution in [3.8, 4) is 5.75 Å². The lowest BCUT2D eigenvalue weighted by Crippen LogP contribution is -2.20. The van der Waals surface area contributed by atoms with Crippen molar-refractivity contribution < 1.29 is 13.9 Å². The van der Waals surface area contributed by atoms with Gasteiger partial charge in [0.25, 0.3) is 5.91 Å². The minimum atomic E-state index is -0.458. The average molecular weight is 330 g/mol. The number of carbonyl (C=O) groups is 1. The lowest BCUT2D eigenvalue weighted by Gasteiger charge is -2.09. The minimum absolute atomic E-state index is 0.143. The molecule has 3 aromatic rings. The average Bonchev–Trinajstić information content (AvgIpc) is 2.55. The first-order chi connectivity index (χ1) is 11.1. The predicted molar refractivity (Wildman–Crippen MR) is 89.5 cm³/mol. The molecule has 5 heteroatoms. The Kier molecular flexibility index (Phi) is 4.44. The Labute approximate surface area is 137 Å². The van der Waals surface area contributed by atoms with Crippen LogP contribution in [-0.4, -0.2) is 12.5 Å². The molecule has 0 atom stereocenters. The number of carbonyl (C=O) groups excluding carboxylic acids is 1. The fourth-order valence-corrected chi connectivity index (χ4v) is 2.40. The molecule has 0 spiro atoms. The van der Waals surface area contributed by atoms with Gasteiger partial charge in [0.15, 0.2) is 6.61 Å². The number of hydrogen-bond donors (Lipinski definition) is 1. The molecule has 3 nitrogen and oxygen atoms in total. The number of anilines is 1. The summed E-state index contributed by atoms with van der Waals surface area (Å²) < 4.78 is 18.4. The van der Waals surface area contributed by atoms with E-state index in [9.17, 15) is 9.18 Å². The molecule has 0 heterocycles. The zero-order valence-corrected chi connectivity index (χ0v) is 12.8. The fourth-order valence-electron chi connectivity index (χ4n) is 2.18. The Morgan fingerprint density at radius 3 is 2.61 bits per heavy atom. The fraction of sp³-hybridized carbons (Fsp3) is 0.0556. The number of benzene rings is 3. The van der Waals surface area contributed by atoms with E-state index < -0.39 is 5.82 Å². The van der Waals surface area contributed by atoms with Crippen LogP contribution >= 0.6 is 11.6 Å². The van der Waals surface area contributed by atoms with Gasteiger partial charge in [0.05, 0.1) is 10.7 Å². The molecular weight excluding hydrogens is 317 g/mol. The number of halogens is 2. The van der Waals surface area contributed by atoms with Gasteiger partial charge in [-0.05, 0) is 41.1 Å². The zero-order valence-electron chi connectivity index (χ0n) is 12.1. The summed E-state index contributed by atoms with van der Waals surface area (Å²) >= 11 is 5.86. The first kappa shape index (κ1) is 15.3. The molecule has 0 radical (unpaired) electrons. The molecule has 3 rings (SSSR count). The largest absolute Gasteiger partial charge is 0.484 e. The highest BCUT2D eigenvalue weighted by atomic mass is 35.5. The van der Waals surface area contributed by atoms with E-state index in [4.69, 9.17) is 16.3 Å². The van der Waals surface area contributed by atoms with Crippen LogP contribution in [0.15, 0.2) is 60.7 Å². The van der Waals surface area contributed by atoms with Crippen LogP contribution in [0.5, 0.6) is 5.75 Å². The van der Waals surface area contributed by atoms with E-state index >= 15 is 0 Å². The van der Waals surface area contributed by atoms with E-state index in [-0.39, 0.29) is 17.5 Å². The molecule has 0 aliphatic carbocycles. The van der Waals surface area contributed by atoms with Gasteiger partial charge in [0, 0.05) is 0 Å². The van der Waals surface area contributed by atoms with E-state index in [1.807, 2.05) is 36.4 Å². The van der Waals surface area contributed by atoms with Crippen molar-refractivity contribution in [3.05, 3.63) is 71.5 Å². The van der Waals surface area contributed by atoms with Gasteiger partial charge in [0.2, 0.25) is 0 Å². The molecule has 1 amide bonds. The number of amides is 1. The van der Waals surface area contributed by atoms with Crippen molar-refractivity contribution in [1.29, 1.82) is 0 Å². The van der Waals surface area contributed by atoms with Crippen LogP contribution in [0, 0.1) is 5.82 Å². The van der Waals surface area contributed by atoms with Crippen molar-refractivity contribution in [2.24, 2.45) is 0 Å². The second-order valence-electron chi connectivity index (χ2n) is 4.97. The third-order valence-corrected chi connectivity index (χ3v) is 3.61. The van der Waals surface area contributed by atoms with Crippen molar-refractivity contribution in [1.82, 2.24) is 0 Å². The molecule has 0 aliphatic rings. The number of nitrogens with one attached hydrogen (secondary N) is 1. The smallest absolute Gasteiger partial charge is 0.262 e. The third-order valence-electron chi connectivity index (χ3n) is 3.30. The lowest BCUT2D eigenvalue weighted by molar-refractivity contribution is -0.118. The molecule has 1 N–H and O–H groups in total. The Balaban J connectivity index is 1.63. The SMILES string of the molecule is O=C(COc1ccc2ccccc2c1)Nc1ccc(F)cc1Cl. The van der Waals surface area contributed by atoms with Gasteiger partial charge < -0.3 is 10.1 Å². The molecule has 0 aromatic heterocycles. The Bertz CT molecular complexity index is 867. The molecule has 0 saturated carbocycles. The van der Waals surface area contributed by atoms with Gasteiger partial charge in [-0.3, -0.25) is 4.79 Å². The maximum atomic E-state index is 13.0. The van der Waals surface area contributed by atoms with Gasteiger partial charge >= 0.3 is 0 Å². The maximum absolute atomic E-state index is 13.0. The van der Waals surface area contributed by atoms with Gasteiger partial charge in [-0.2, -0.15) is 0 Å². The zero-order chi connectivity index (χ0) is 16.2. The molecule has 0 fully saturated rings. The molecule has 0 unspecified atom stereocenters. The standard InChI is InChI=1S/C18H13ClFNO2/c19-16-10-14(20)6-8-17(16)21-18(22)11-23-15-7-5-12-3-1-2-4-13(12)9-15/h1-10H,11H2,(H,21,22). The molecular formula is C18H13ClFNO2. The summed E-state index contributed by atoms with van der Waals surface area (Å²) in [6.45, 7) is -0.161. The summed E-state index contributed by atoms with van der Waals surface area (Å²) in [4.78, 5) is 11.9. The van der Waals surface area contributed by atoms with Crippen LogP contribution in [0.4, 0.5) is 10.1 Å². The quantitative estimate of drug-likeness (QED) is 0.756. The van der Waals surface area contributed by atoms with Crippen LogP contribution in [0.2, 0.25) is 5.02 Å². The monoisotopic (exact) mass is 329 g/mol. The summed E-state index contributed by atoms with van der Waals surface area (Å²) in [5.41, 5.74) is 0.347. The van der Waals surface area contributed by atoms with Gasteiger partial charge in [-0.15, -0.1) is 0 Å². The minimum Gasteiger partial charge on any atom is -0.484 e. The molecule has 0 bridgehead atoms. The molecule has 3 aromatic carbocycles. The number of rotatable bonds is 4. The highest BCUT2D eigenvalue weighted by Gasteiger charge is 2.08. The highest BCUT2D eigenvalue weighted by molar-refractivity contribution is 6.33. The Morgan fingerprint density at radius 2 is 1.83 bits per heavy atom. The first-order valence-corrected chi connectivity index (χ1v) is 7.36. The van der Waals surface area contributed by atoms with E-state index in [1.165, 1.54) is 12.1 Å². The lowest BCUT2D eigenvalue weighted by atomic mass is 10.1. The van der Waals surface area contributed by atoms with Crippen molar-refractivity contribution in [2.75, 3.05) is 11.9 Å². The van der Waals surface area contributed by atoms with Crippen molar-refractivity contribution >= 4 is 34.0 Å². The summed E-state index contributed by atoms with van der Waals surface area (Å²) in [6.07, 6.45) is 0. The summed E-state index contributed by atoms with van der Waals surface area (Å²) in [5.74, 6) is -0.226. The van der Waals surface area contributed by atoms with Crippen molar-refractivity contribution in [2.45, 2.75) is 0 Å². The third kappa shape index (κ3) is 3.79. The van der Waals surface area contributed by atoms with Gasteiger partial charge in [0.1, 0.15) is 11.6 Å².